The fourth-order valence-electron chi connectivity index (χ4n) is 1.62. The van der Waals surface area contributed by atoms with Crippen LogP contribution >= 0.6 is 0 Å². The molecule has 0 atom stereocenters. The maximum atomic E-state index is 11.3. The van der Waals surface area contributed by atoms with E-state index >= 15 is 0 Å². The van der Waals surface area contributed by atoms with E-state index in [2.05, 4.69) is 9.47 Å². The molecule has 2 N–H and O–H groups in total. The number of carboxylic acid groups (broad SMARTS) is 2. The van der Waals surface area contributed by atoms with Crippen molar-refractivity contribution in [2.24, 2.45) is 0 Å². The lowest BCUT2D eigenvalue weighted by atomic mass is 10.2. The van der Waals surface area contributed by atoms with E-state index in [9.17, 15) is 28.8 Å². The number of ether oxygens (including phenoxy) is 2. The highest BCUT2D eigenvalue weighted by Gasteiger charge is 2.11. The fraction of sp³-hybridized carbons (Fsp3) is 0.500. The van der Waals surface area contributed by atoms with E-state index in [1.54, 1.807) is 0 Å². The normalized spacial score (nSPS) is 10.3. The summed E-state index contributed by atoms with van der Waals surface area (Å²) in [6.07, 6.45) is 1.74. The number of rotatable bonds is 12. The van der Waals surface area contributed by atoms with Crippen molar-refractivity contribution in [3.63, 3.8) is 0 Å². The molecular formula is C16H20O10. The highest BCUT2D eigenvalue weighted by molar-refractivity contribution is 5.98. The molecule has 0 rings (SSSR count). The smallest absolute Gasteiger partial charge is 0.338 e. The van der Waals surface area contributed by atoms with Gasteiger partial charge >= 0.3 is 35.8 Å². The van der Waals surface area contributed by atoms with Crippen LogP contribution in [0.25, 0.3) is 0 Å². The summed E-state index contributed by atoms with van der Waals surface area (Å²) in [4.78, 5) is 65.7. The Morgan fingerprint density at radius 1 is 0.577 bits per heavy atom. The second-order valence-corrected chi connectivity index (χ2v) is 5.12. The summed E-state index contributed by atoms with van der Waals surface area (Å²) in [6.45, 7) is 0. The standard InChI is InChI=1S/C16H20O10/c17-11(18)5-1-3-7-13(21)25-15(23)9-10-16(24)26-14(22)8-4-2-6-12(19)20/h9-10H,1-8H2,(H,17,18)(H,19,20)/b10-9-. The molecule has 0 saturated carbocycles. The molecule has 10 heteroatoms. The largest absolute Gasteiger partial charge is 0.481 e. The molecule has 0 radical (unpaired) electrons. The molecule has 0 aromatic heterocycles. The van der Waals surface area contributed by atoms with Crippen molar-refractivity contribution >= 4 is 35.8 Å². The van der Waals surface area contributed by atoms with Crippen molar-refractivity contribution in [2.45, 2.75) is 51.4 Å². The Hall–Kier alpha value is -3.04. The highest BCUT2D eigenvalue weighted by atomic mass is 16.6. The Kier molecular flexibility index (Phi) is 11.7. The Labute approximate surface area is 148 Å². The average molecular weight is 372 g/mol. The van der Waals surface area contributed by atoms with E-state index in [-0.39, 0.29) is 51.4 Å². The SMILES string of the molecule is O=C(O)CCCCC(=O)OC(=O)/C=C\C(=O)OC(=O)CCCCC(=O)O. The molecule has 0 bridgehead atoms. The Bertz CT molecular complexity index is 526. The first-order valence-corrected chi connectivity index (χ1v) is 7.81. The lowest BCUT2D eigenvalue weighted by molar-refractivity contribution is -0.159. The minimum absolute atomic E-state index is 0.0999. The number of unbranched alkanes of at least 4 members (excludes halogenated alkanes) is 2. The molecular weight excluding hydrogens is 352 g/mol. The molecule has 0 amide bonds. The minimum atomic E-state index is -1.13. The quantitative estimate of drug-likeness (QED) is 0.218. The van der Waals surface area contributed by atoms with Gasteiger partial charge in [-0.25, -0.2) is 9.59 Å². The molecule has 144 valence electrons. The van der Waals surface area contributed by atoms with Crippen LogP contribution in [0.3, 0.4) is 0 Å². The van der Waals surface area contributed by atoms with Crippen LogP contribution in [0.4, 0.5) is 0 Å². The second-order valence-electron chi connectivity index (χ2n) is 5.12. The van der Waals surface area contributed by atoms with Crippen molar-refractivity contribution in [2.75, 3.05) is 0 Å². The van der Waals surface area contributed by atoms with Gasteiger partial charge in [0.05, 0.1) is 0 Å². The second kappa shape index (κ2) is 13.3. The molecule has 0 spiro atoms. The van der Waals surface area contributed by atoms with Gasteiger partial charge in [0.25, 0.3) is 0 Å². The van der Waals surface area contributed by atoms with E-state index in [4.69, 9.17) is 10.2 Å². The van der Waals surface area contributed by atoms with Crippen molar-refractivity contribution < 1.29 is 48.5 Å². The minimum Gasteiger partial charge on any atom is -0.481 e. The molecule has 0 aliphatic rings. The predicted molar refractivity (Wildman–Crippen MR) is 83.5 cm³/mol. The van der Waals surface area contributed by atoms with E-state index in [0.29, 0.717) is 12.2 Å². The van der Waals surface area contributed by atoms with Crippen LogP contribution in [0.1, 0.15) is 51.4 Å². The van der Waals surface area contributed by atoms with Gasteiger partial charge in [-0.3, -0.25) is 19.2 Å². The van der Waals surface area contributed by atoms with Gasteiger partial charge in [-0.05, 0) is 25.7 Å². The molecule has 0 aliphatic carbocycles. The number of carboxylic acids is 2. The molecule has 0 heterocycles. The Balaban J connectivity index is 3.97. The number of hydrogen-bond donors (Lipinski definition) is 2. The highest BCUT2D eigenvalue weighted by Crippen LogP contribution is 2.03. The average Bonchev–Trinajstić information content (AvgIpc) is 2.53. The zero-order valence-electron chi connectivity index (χ0n) is 14.0. The lowest BCUT2D eigenvalue weighted by Gasteiger charge is -2.00. The van der Waals surface area contributed by atoms with Gasteiger partial charge in [0.2, 0.25) is 0 Å². The van der Waals surface area contributed by atoms with Gasteiger partial charge in [0, 0.05) is 37.8 Å². The molecule has 0 saturated heterocycles. The van der Waals surface area contributed by atoms with Gasteiger partial charge < -0.3 is 19.7 Å². The summed E-state index contributed by atoms with van der Waals surface area (Å²) in [5.41, 5.74) is 0. The van der Waals surface area contributed by atoms with Gasteiger partial charge in [-0.2, -0.15) is 0 Å². The lowest BCUT2D eigenvalue weighted by Crippen LogP contribution is -2.12. The summed E-state index contributed by atoms with van der Waals surface area (Å²) in [5, 5.41) is 16.8. The first kappa shape index (κ1) is 23.0. The molecule has 0 aromatic carbocycles. The number of carbonyl (C=O) groups is 6. The molecule has 0 fully saturated rings. The predicted octanol–water partition coefficient (Wildman–Crippen LogP) is 0.972. The molecule has 10 nitrogen and oxygen atoms in total. The van der Waals surface area contributed by atoms with E-state index in [0.717, 1.165) is 0 Å². The number of carbonyl (C=O) groups excluding carboxylic acids is 4. The van der Waals surface area contributed by atoms with E-state index in [1.165, 1.54) is 0 Å². The van der Waals surface area contributed by atoms with Crippen LogP contribution < -0.4 is 0 Å². The van der Waals surface area contributed by atoms with Gasteiger partial charge in [0.1, 0.15) is 0 Å². The van der Waals surface area contributed by atoms with Crippen LogP contribution in [0.2, 0.25) is 0 Å². The van der Waals surface area contributed by atoms with Crippen LogP contribution in [0.5, 0.6) is 0 Å². The zero-order valence-corrected chi connectivity index (χ0v) is 14.0. The number of esters is 4. The van der Waals surface area contributed by atoms with Crippen LogP contribution in [0.15, 0.2) is 12.2 Å². The van der Waals surface area contributed by atoms with Crippen molar-refractivity contribution in [1.82, 2.24) is 0 Å². The number of aliphatic carboxylic acids is 2. The van der Waals surface area contributed by atoms with Gasteiger partial charge in [0.15, 0.2) is 0 Å². The monoisotopic (exact) mass is 372 g/mol. The molecule has 0 aromatic rings. The van der Waals surface area contributed by atoms with Crippen molar-refractivity contribution in [1.29, 1.82) is 0 Å². The maximum Gasteiger partial charge on any atom is 0.338 e. The Morgan fingerprint density at radius 2 is 0.885 bits per heavy atom. The molecule has 0 unspecified atom stereocenters. The first-order valence-electron chi connectivity index (χ1n) is 7.81. The topological polar surface area (TPSA) is 161 Å². The summed E-state index contributed by atoms with van der Waals surface area (Å²) < 4.78 is 8.71. The van der Waals surface area contributed by atoms with Gasteiger partial charge in [-0.15, -0.1) is 0 Å². The third-order valence-electron chi connectivity index (χ3n) is 2.83. The summed E-state index contributed by atoms with van der Waals surface area (Å²) in [7, 11) is 0. The zero-order chi connectivity index (χ0) is 19.9. The maximum absolute atomic E-state index is 11.3. The third kappa shape index (κ3) is 14.5. The van der Waals surface area contributed by atoms with E-state index in [1.807, 2.05) is 0 Å². The third-order valence-corrected chi connectivity index (χ3v) is 2.83. The van der Waals surface area contributed by atoms with Gasteiger partial charge in [-0.1, -0.05) is 0 Å². The Morgan fingerprint density at radius 3 is 1.19 bits per heavy atom. The van der Waals surface area contributed by atoms with E-state index < -0.39 is 35.8 Å². The van der Waals surface area contributed by atoms with Crippen molar-refractivity contribution in [3.8, 4) is 0 Å². The summed E-state index contributed by atoms with van der Waals surface area (Å²) in [5.74, 6) is -5.97. The van der Waals surface area contributed by atoms with Crippen LogP contribution in [-0.2, 0) is 38.2 Å². The summed E-state index contributed by atoms with van der Waals surface area (Å²) >= 11 is 0. The molecule has 0 aliphatic heterocycles. The molecule has 26 heavy (non-hydrogen) atoms. The fourth-order valence-corrected chi connectivity index (χ4v) is 1.62. The first-order chi connectivity index (χ1) is 12.2. The van der Waals surface area contributed by atoms with Crippen LogP contribution in [0, 0.1) is 0 Å². The van der Waals surface area contributed by atoms with Crippen LogP contribution in [-0.4, -0.2) is 46.0 Å². The van der Waals surface area contributed by atoms with Crippen molar-refractivity contribution in [3.05, 3.63) is 12.2 Å². The summed E-state index contributed by atoms with van der Waals surface area (Å²) in [6, 6.07) is 0. The number of hydrogen-bond acceptors (Lipinski definition) is 8.